The summed E-state index contributed by atoms with van der Waals surface area (Å²) < 4.78 is 0.960. The van der Waals surface area contributed by atoms with Crippen LogP contribution in [0.2, 0.25) is 0 Å². The summed E-state index contributed by atoms with van der Waals surface area (Å²) in [4.78, 5) is 17.4. The first-order valence-electron chi connectivity index (χ1n) is 7.63. The van der Waals surface area contributed by atoms with Crippen LogP contribution in [0.1, 0.15) is 23.3 Å². The van der Waals surface area contributed by atoms with Crippen LogP contribution in [0.4, 0.5) is 0 Å². The second-order valence-corrected chi connectivity index (χ2v) is 7.28. The lowest BCUT2D eigenvalue weighted by Gasteiger charge is -2.38. The number of nitrogens with zero attached hydrogens (tertiary/aromatic N) is 3. The number of benzene rings is 1. The third-order valence-corrected chi connectivity index (χ3v) is 5.58. The van der Waals surface area contributed by atoms with Gasteiger partial charge in [-0.25, -0.2) is 0 Å². The standard InChI is InChI=1S/C16H15BrN4O/c17-10-1-2-13-12(6-10)15(19-18-13)16(22)21-11-5-9-3-4-20(7-11)8-14(9)21/h1-2,6,8-9,11H,3-5,7H2,(H,18,19). The van der Waals surface area contributed by atoms with Crippen molar-refractivity contribution in [2.45, 2.75) is 18.9 Å². The molecule has 5 nitrogen and oxygen atoms in total. The number of allylic oxidation sites excluding steroid dienone is 1. The summed E-state index contributed by atoms with van der Waals surface area (Å²) in [5, 5.41) is 8.15. The van der Waals surface area contributed by atoms with E-state index in [1.807, 2.05) is 23.1 Å². The van der Waals surface area contributed by atoms with E-state index in [2.05, 4.69) is 37.2 Å². The average Bonchev–Trinajstić information content (AvgIpc) is 2.95. The first-order chi connectivity index (χ1) is 10.7. The zero-order valence-corrected chi connectivity index (χ0v) is 13.5. The van der Waals surface area contributed by atoms with Crippen molar-refractivity contribution in [3.05, 3.63) is 40.3 Å². The Morgan fingerprint density at radius 2 is 2.32 bits per heavy atom. The molecule has 22 heavy (non-hydrogen) atoms. The highest BCUT2D eigenvalue weighted by atomic mass is 79.9. The number of H-pyrrole nitrogens is 1. The predicted octanol–water partition coefficient (Wildman–Crippen LogP) is 2.72. The van der Waals surface area contributed by atoms with E-state index in [1.165, 1.54) is 12.1 Å². The van der Waals surface area contributed by atoms with Crippen molar-refractivity contribution in [2.75, 3.05) is 13.1 Å². The van der Waals surface area contributed by atoms with Gasteiger partial charge in [0.1, 0.15) is 0 Å². The molecule has 0 radical (unpaired) electrons. The van der Waals surface area contributed by atoms with Gasteiger partial charge in [0.25, 0.3) is 5.91 Å². The molecule has 2 aromatic rings. The monoisotopic (exact) mass is 358 g/mol. The lowest BCUT2D eigenvalue weighted by Crippen LogP contribution is -2.46. The van der Waals surface area contributed by atoms with Gasteiger partial charge in [0.2, 0.25) is 0 Å². The second-order valence-electron chi connectivity index (χ2n) is 6.36. The number of nitrogens with one attached hydrogen (secondary N) is 1. The molecule has 5 rings (SSSR count). The normalized spacial score (nSPS) is 26.0. The summed E-state index contributed by atoms with van der Waals surface area (Å²) in [7, 11) is 0. The van der Waals surface area contributed by atoms with Crippen LogP contribution in [-0.4, -0.2) is 45.0 Å². The molecule has 0 saturated carbocycles. The highest BCUT2D eigenvalue weighted by molar-refractivity contribution is 9.10. The van der Waals surface area contributed by atoms with Gasteiger partial charge in [-0.15, -0.1) is 0 Å². The van der Waals surface area contributed by atoms with Crippen LogP contribution < -0.4 is 0 Å². The first kappa shape index (κ1) is 12.7. The van der Waals surface area contributed by atoms with Gasteiger partial charge in [0.15, 0.2) is 5.69 Å². The molecule has 112 valence electrons. The quantitative estimate of drug-likeness (QED) is 0.852. The van der Waals surface area contributed by atoms with Crippen LogP contribution >= 0.6 is 15.9 Å². The van der Waals surface area contributed by atoms with Crippen LogP contribution in [0.3, 0.4) is 0 Å². The number of carbonyl (C=O) groups excluding carboxylic acids is 1. The van der Waals surface area contributed by atoms with Crippen LogP contribution in [0.15, 0.2) is 34.6 Å². The average molecular weight is 359 g/mol. The van der Waals surface area contributed by atoms with Crippen LogP contribution in [-0.2, 0) is 0 Å². The summed E-state index contributed by atoms with van der Waals surface area (Å²) in [5.41, 5.74) is 2.62. The van der Waals surface area contributed by atoms with Crippen LogP contribution in [0, 0.1) is 5.92 Å². The van der Waals surface area contributed by atoms with Crippen molar-refractivity contribution in [1.82, 2.24) is 20.0 Å². The number of rotatable bonds is 1. The van der Waals surface area contributed by atoms with Gasteiger partial charge in [0, 0.05) is 40.8 Å². The highest BCUT2D eigenvalue weighted by Crippen LogP contribution is 2.43. The van der Waals surface area contributed by atoms with Gasteiger partial charge >= 0.3 is 0 Å². The van der Waals surface area contributed by atoms with Gasteiger partial charge in [-0.2, -0.15) is 5.10 Å². The molecule has 3 aliphatic heterocycles. The van der Waals surface area contributed by atoms with Gasteiger partial charge in [-0.3, -0.25) is 9.89 Å². The van der Waals surface area contributed by atoms with Crippen LogP contribution in [0.5, 0.6) is 0 Å². The minimum absolute atomic E-state index is 0.0321. The van der Waals surface area contributed by atoms with Crippen molar-refractivity contribution in [3.8, 4) is 0 Å². The molecule has 1 aromatic carbocycles. The van der Waals surface area contributed by atoms with E-state index in [0.29, 0.717) is 17.7 Å². The third-order valence-electron chi connectivity index (χ3n) is 5.09. The summed E-state index contributed by atoms with van der Waals surface area (Å²) in [5.74, 6) is 0.578. The fourth-order valence-corrected chi connectivity index (χ4v) is 4.45. The van der Waals surface area contributed by atoms with E-state index in [1.54, 1.807) is 0 Å². The molecule has 1 fully saturated rings. The van der Waals surface area contributed by atoms with E-state index in [0.717, 1.165) is 34.9 Å². The molecular formula is C16H15BrN4O. The zero-order chi connectivity index (χ0) is 14.8. The summed E-state index contributed by atoms with van der Waals surface area (Å²) >= 11 is 3.47. The van der Waals surface area contributed by atoms with E-state index in [-0.39, 0.29) is 5.91 Å². The fraction of sp³-hybridized carbons (Fsp3) is 0.375. The Morgan fingerprint density at radius 3 is 3.23 bits per heavy atom. The number of hydrogen-bond acceptors (Lipinski definition) is 3. The maximum absolute atomic E-state index is 13.1. The SMILES string of the molecule is O=C(c1n[nH]c2ccc(Br)cc12)N1C2=CN3CCC2CC1C3. The second kappa shape index (κ2) is 4.35. The van der Waals surface area contributed by atoms with Gasteiger partial charge in [0.05, 0.1) is 11.6 Å². The number of aromatic nitrogens is 2. The summed E-state index contributed by atoms with van der Waals surface area (Å²) in [6.45, 7) is 2.09. The molecule has 3 bridgehead atoms. The Balaban J connectivity index is 1.60. The summed E-state index contributed by atoms with van der Waals surface area (Å²) in [6, 6.07) is 6.16. The number of halogens is 1. The van der Waals surface area contributed by atoms with Crippen molar-refractivity contribution in [2.24, 2.45) is 5.92 Å². The Morgan fingerprint density at radius 1 is 1.41 bits per heavy atom. The third kappa shape index (κ3) is 1.64. The number of carbonyl (C=O) groups is 1. The first-order valence-corrected chi connectivity index (χ1v) is 8.43. The summed E-state index contributed by atoms with van der Waals surface area (Å²) in [6.07, 6.45) is 4.44. The Kier molecular flexibility index (Phi) is 2.51. The zero-order valence-electron chi connectivity index (χ0n) is 11.9. The lowest BCUT2D eigenvalue weighted by molar-refractivity contribution is 0.0716. The maximum Gasteiger partial charge on any atom is 0.279 e. The maximum atomic E-state index is 13.1. The lowest BCUT2D eigenvalue weighted by atomic mass is 9.99. The molecule has 3 aliphatic rings. The molecule has 6 heteroatoms. The highest BCUT2D eigenvalue weighted by Gasteiger charge is 2.46. The minimum Gasteiger partial charge on any atom is -0.374 e. The molecule has 1 amide bonds. The molecule has 4 heterocycles. The predicted molar refractivity (Wildman–Crippen MR) is 86.1 cm³/mol. The fourth-order valence-electron chi connectivity index (χ4n) is 4.09. The Labute approximate surface area is 136 Å². The number of aromatic amines is 1. The van der Waals surface area contributed by atoms with E-state index >= 15 is 0 Å². The molecular weight excluding hydrogens is 344 g/mol. The van der Waals surface area contributed by atoms with E-state index < -0.39 is 0 Å². The number of fused-ring (bicyclic) bond motifs is 3. The molecule has 2 unspecified atom stereocenters. The van der Waals surface area contributed by atoms with E-state index in [4.69, 9.17) is 0 Å². The molecule has 2 atom stereocenters. The molecule has 1 saturated heterocycles. The Bertz CT molecular complexity index is 825. The van der Waals surface area contributed by atoms with Crippen molar-refractivity contribution in [3.63, 3.8) is 0 Å². The number of amides is 1. The van der Waals surface area contributed by atoms with Crippen LogP contribution in [0.25, 0.3) is 10.9 Å². The van der Waals surface area contributed by atoms with Crippen molar-refractivity contribution >= 4 is 32.7 Å². The smallest absolute Gasteiger partial charge is 0.279 e. The largest absolute Gasteiger partial charge is 0.374 e. The van der Waals surface area contributed by atoms with Crippen molar-refractivity contribution in [1.29, 1.82) is 0 Å². The minimum atomic E-state index is 0.0321. The topological polar surface area (TPSA) is 52.2 Å². The van der Waals surface area contributed by atoms with Crippen molar-refractivity contribution < 1.29 is 4.79 Å². The van der Waals surface area contributed by atoms with E-state index in [9.17, 15) is 4.79 Å². The van der Waals surface area contributed by atoms with Gasteiger partial charge in [-0.1, -0.05) is 15.9 Å². The van der Waals surface area contributed by atoms with Gasteiger partial charge in [-0.05, 0) is 31.0 Å². The van der Waals surface area contributed by atoms with Gasteiger partial charge < -0.3 is 9.80 Å². The Hall–Kier alpha value is -1.82. The number of hydrogen-bond donors (Lipinski definition) is 1. The molecule has 1 aromatic heterocycles. The molecule has 0 spiro atoms. The molecule has 1 N–H and O–H groups in total. The molecule has 0 aliphatic carbocycles.